The molecule has 1 aliphatic rings. The van der Waals surface area contributed by atoms with Crippen molar-refractivity contribution in [1.29, 1.82) is 0 Å². The molecule has 0 aliphatic heterocycles. The van der Waals surface area contributed by atoms with Crippen LogP contribution in [0.5, 0.6) is 23.0 Å². The molecule has 0 unspecified atom stereocenters. The van der Waals surface area contributed by atoms with Gasteiger partial charge in [-0.15, -0.1) is 0 Å². The number of benzene rings is 8. The van der Waals surface area contributed by atoms with Gasteiger partial charge in [0.05, 0.1) is 16.5 Å². The Morgan fingerprint density at radius 2 is 0.754 bits per heavy atom. The third-order valence-electron chi connectivity index (χ3n) is 10.6. The lowest BCUT2D eigenvalue weighted by molar-refractivity contribution is 0.0686. The molecule has 0 saturated carbocycles. The number of hydrogen-bond donors (Lipinski definition) is 2. The summed E-state index contributed by atoms with van der Waals surface area (Å²) in [5.74, 6) is 0.315. The van der Waals surface area contributed by atoms with Gasteiger partial charge in [0.1, 0.15) is 23.0 Å². The number of aromatic carboxylic acids is 2. The monoisotopic (exact) mass is 742 g/mol. The maximum Gasteiger partial charge on any atom is 0.335 e. The number of carboxylic acid groups (broad SMARTS) is 2. The highest BCUT2D eigenvalue weighted by Gasteiger charge is 2.46. The van der Waals surface area contributed by atoms with Gasteiger partial charge in [-0.05, 0) is 117 Å². The van der Waals surface area contributed by atoms with Crippen molar-refractivity contribution in [2.45, 2.75) is 5.41 Å². The van der Waals surface area contributed by atoms with Crippen molar-refractivity contribution in [2.75, 3.05) is 0 Å². The van der Waals surface area contributed by atoms with E-state index in [1.807, 2.05) is 48.5 Å². The van der Waals surface area contributed by atoms with Crippen LogP contribution in [0.4, 0.5) is 0 Å². The van der Waals surface area contributed by atoms with Crippen LogP contribution in [0, 0.1) is 0 Å². The van der Waals surface area contributed by atoms with Crippen molar-refractivity contribution in [1.82, 2.24) is 0 Å². The highest BCUT2D eigenvalue weighted by molar-refractivity contribution is 5.89. The van der Waals surface area contributed by atoms with Crippen LogP contribution in [0.3, 0.4) is 0 Å². The predicted molar refractivity (Wildman–Crippen MR) is 222 cm³/mol. The maximum atomic E-state index is 11.6. The Balaban J connectivity index is 1.27. The number of fused-ring (bicyclic) bond motifs is 3. The molecule has 0 radical (unpaired) electrons. The van der Waals surface area contributed by atoms with Crippen LogP contribution in [0.1, 0.15) is 43.0 Å². The van der Waals surface area contributed by atoms with E-state index in [2.05, 4.69) is 97.1 Å². The van der Waals surface area contributed by atoms with Crippen LogP contribution in [0.15, 0.2) is 194 Å². The summed E-state index contributed by atoms with van der Waals surface area (Å²) in [5.41, 5.74) is 9.92. The highest BCUT2D eigenvalue weighted by Crippen LogP contribution is 2.57. The summed E-state index contributed by atoms with van der Waals surface area (Å²) < 4.78 is 13.0. The molecule has 0 aromatic heterocycles. The lowest BCUT2D eigenvalue weighted by atomic mass is 9.67. The molecule has 0 heterocycles. The van der Waals surface area contributed by atoms with Crippen LogP contribution in [-0.4, -0.2) is 22.2 Å². The third-order valence-corrected chi connectivity index (χ3v) is 10.6. The van der Waals surface area contributed by atoms with E-state index < -0.39 is 17.4 Å². The van der Waals surface area contributed by atoms with Crippen LogP contribution in [0.25, 0.3) is 33.4 Å². The molecule has 8 aromatic carbocycles. The zero-order valence-electron chi connectivity index (χ0n) is 30.5. The molecule has 6 heteroatoms. The molecule has 0 fully saturated rings. The predicted octanol–water partition coefficient (Wildman–Crippen LogP) is 12.4. The molecule has 57 heavy (non-hydrogen) atoms. The van der Waals surface area contributed by atoms with Crippen molar-refractivity contribution < 1.29 is 29.3 Å². The Bertz CT molecular complexity index is 2580. The first-order chi connectivity index (χ1) is 27.9. The van der Waals surface area contributed by atoms with E-state index in [-0.39, 0.29) is 11.1 Å². The summed E-state index contributed by atoms with van der Waals surface area (Å²) in [6.45, 7) is 0. The summed E-state index contributed by atoms with van der Waals surface area (Å²) in [6, 6.07) is 62.9. The molecule has 2 N–H and O–H groups in total. The van der Waals surface area contributed by atoms with Crippen LogP contribution in [0.2, 0.25) is 0 Å². The minimum atomic E-state index is -0.997. The molecule has 0 saturated heterocycles. The quantitative estimate of drug-likeness (QED) is 0.145. The van der Waals surface area contributed by atoms with E-state index in [9.17, 15) is 19.8 Å². The van der Waals surface area contributed by atoms with E-state index >= 15 is 0 Å². The van der Waals surface area contributed by atoms with Crippen LogP contribution < -0.4 is 9.47 Å². The molecular formula is C51H34O6. The number of ether oxygens (including phenoxy) is 2. The molecule has 9 rings (SSSR count). The third kappa shape index (κ3) is 6.29. The van der Waals surface area contributed by atoms with Crippen molar-refractivity contribution >= 4 is 11.9 Å². The van der Waals surface area contributed by atoms with Crippen molar-refractivity contribution in [2.24, 2.45) is 0 Å². The molecule has 0 amide bonds. The summed E-state index contributed by atoms with van der Waals surface area (Å²) in [6.07, 6.45) is 0. The van der Waals surface area contributed by atoms with E-state index in [0.717, 1.165) is 55.6 Å². The second kappa shape index (κ2) is 14.5. The summed E-state index contributed by atoms with van der Waals surface area (Å²) in [5, 5.41) is 18.9. The molecule has 0 bridgehead atoms. The van der Waals surface area contributed by atoms with E-state index in [1.165, 1.54) is 0 Å². The zero-order chi connectivity index (χ0) is 38.9. The Labute approximate surface area is 329 Å². The topological polar surface area (TPSA) is 93.1 Å². The average molecular weight is 743 g/mol. The average Bonchev–Trinajstić information content (AvgIpc) is 3.56. The lowest BCUT2D eigenvalue weighted by Gasteiger charge is -2.35. The molecule has 0 spiro atoms. The van der Waals surface area contributed by atoms with Gasteiger partial charge < -0.3 is 19.7 Å². The first-order valence-corrected chi connectivity index (χ1v) is 18.5. The van der Waals surface area contributed by atoms with Gasteiger partial charge in [0.25, 0.3) is 0 Å². The summed E-state index contributed by atoms with van der Waals surface area (Å²) >= 11 is 0. The van der Waals surface area contributed by atoms with Crippen LogP contribution >= 0.6 is 0 Å². The molecule has 0 atom stereocenters. The Morgan fingerprint density at radius 1 is 0.386 bits per heavy atom. The van der Waals surface area contributed by atoms with Gasteiger partial charge in [-0.25, -0.2) is 9.59 Å². The number of carbonyl (C=O) groups is 2. The Hall–Kier alpha value is -7.70. The van der Waals surface area contributed by atoms with Crippen molar-refractivity contribution in [3.05, 3.63) is 228 Å². The first-order valence-electron chi connectivity index (χ1n) is 18.5. The van der Waals surface area contributed by atoms with Crippen molar-refractivity contribution in [3.63, 3.8) is 0 Å². The fourth-order valence-electron chi connectivity index (χ4n) is 8.00. The van der Waals surface area contributed by atoms with Crippen LogP contribution in [-0.2, 0) is 5.41 Å². The van der Waals surface area contributed by atoms with Gasteiger partial charge in [-0.3, -0.25) is 0 Å². The molecular weight excluding hydrogens is 709 g/mol. The smallest absolute Gasteiger partial charge is 0.335 e. The van der Waals surface area contributed by atoms with Gasteiger partial charge in [-0.1, -0.05) is 121 Å². The fraction of sp³-hybridized carbons (Fsp3) is 0.0196. The molecule has 6 nitrogen and oxygen atoms in total. The fourth-order valence-corrected chi connectivity index (χ4v) is 8.00. The van der Waals surface area contributed by atoms with Gasteiger partial charge in [0.2, 0.25) is 0 Å². The Kier molecular flexibility index (Phi) is 8.92. The molecule has 274 valence electrons. The van der Waals surface area contributed by atoms with Gasteiger partial charge >= 0.3 is 11.9 Å². The van der Waals surface area contributed by atoms with E-state index in [1.54, 1.807) is 48.5 Å². The second-order valence-electron chi connectivity index (χ2n) is 13.9. The maximum absolute atomic E-state index is 11.6. The first kappa shape index (κ1) is 35.0. The summed E-state index contributed by atoms with van der Waals surface area (Å²) in [4.78, 5) is 23.1. The zero-order valence-corrected chi connectivity index (χ0v) is 30.5. The molecule has 1 aliphatic carbocycles. The van der Waals surface area contributed by atoms with Gasteiger partial charge in [0, 0.05) is 11.1 Å². The minimum Gasteiger partial charge on any atom is -0.478 e. The SMILES string of the molecule is O=C(O)c1ccc(Oc2ccc(C3(c4ccc(Oc5ccc(C(=O)O)cc5)c(-c5ccccc5)c4)c4ccccc4-c4ccccc43)cc2-c2ccccc2)cc1. The minimum absolute atomic E-state index is 0.184. The highest BCUT2D eigenvalue weighted by atomic mass is 16.5. The number of hydrogen-bond acceptors (Lipinski definition) is 4. The van der Waals surface area contributed by atoms with E-state index in [0.29, 0.717) is 23.0 Å². The van der Waals surface area contributed by atoms with Gasteiger partial charge in [0.15, 0.2) is 0 Å². The number of rotatable bonds is 10. The standard InChI is InChI=1S/C51H34O6/c52-49(53)35-19-25-39(26-20-35)56-47-29-23-37(31-43(47)33-11-3-1-4-12-33)51(45-17-9-7-15-41(45)42-16-8-10-18-46(42)51)38-24-30-48(44(32-38)34-13-5-2-6-14-34)57-40-27-21-36(22-28-40)50(54)55/h1-32H,(H,52,53)(H,54,55). The normalized spacial score (nSPS) is 12.3. The lowest BCUT2D eigenvalue weighted by Crippen LogP contribution is -2.28. The van der Waals surface area contributed by atoms with E-state index in [4.69, 9.17) is 9.47 Å². The van der Waals surface area contributed by atoms with Crippen molar-refractivity contribution in [3.8, 4) is 56.4 Å². The second-order valence-corrected chi connectivity index (χ2v) is 13.9. The van der Waals surface area contributed by atoms with Gasteiger partial charge in [-0.2, -0.15) is 0 Å². The Morgan fingerprint density at radius 3 is 1.14 bits per heavy atom. The largest absolute Gasteiger partial charge is 0.478 e. The summed E-state index contributed by atoms with van der Waals surface area (Å²) in [7, 11) is 0. The number of carboxylic acids is 2. The molecule has 8 aromatic rings.